The molecular weight excluding hydrogens is 244 g/mol. The summed E-state index contributed by atoms with van der Waals surface area (Å²) in [6.45, 7) is 7.03. The van der Waals surface area contributed by atoms with E-state index >= 15 is 0 Å². The van der Waals surface area contributed by atoms with Crippen molar-refractivity contribution < 1.29 is 0 Å². The Morgan fingerprint density at radius 2 is 1.15 bits per heavy atom. The average molecular weight is 285 g/mol. The number of likely N-dealkylation sites (N-methyl/N-ethyl adjacent to an activating group) is 2. The minimum absolute atomic E-state index is 0.656. The fourth-order valence-corrected chi connectivity index (χ4v) is 2.57. The van der Waals surface area contributed by atoms with E-state index in [-0.39, 0.29) is 0 Å². The number of hydrogen-bond acceptors (Lipinski definition) is 2. The quantitative estimate of drug-likeness (QED) is 0.423. The van der Waals surface area contributed by atoms with Crippen molar-refractivity contribution in [2.24, 2.45) is 0 Å². The molecule has 1 unspecified atom stereocenters. The lowest BCUT2D eigenvalue weighted by molar-refractivity contribution is 0.217. The highest BCUT2D eigenvalue weighted by Gasteiger charge is 2.07. The zero-order chi connectivity index (χ0) is 15.2. The van der Waals surface area contributed by atoms with Gasteiger partial charge in [-0.1, -0.05) is 64.7 Å². The standard InChI is InChI=1S/C18H40N2/c1-6-7-8-9-10-11-12-13-14-15-16-20(5)17-18(2)19(3)4/h18H,6-17H2,1-5H3. The number of nitrogens with zero attached hydrogens (tertiary/aromatic N) is 2. The van der Waals surface area contributed by atoms with Gasteiger partial charge >= 0.3 is 0 Å². The first kappa shape index (κ1) is 19.9. The molecule has 0 aromatic carbocycles. The third-order valence-corrected chi connectivity index (χ3v) is 4.35. The van der Waals surface area contributed by atoms with Crippen molar-refractivity contribution in [2.45, 2.75) is 84.1 Å². The molecule has 2 heteroatoms. The summed E-state index contributed by atoms with van der Waals surface area (Å²) in [6, 6.07) is 0.656. The van der Waals surface area contributed by atoms with Gasteiger partial charge in [-0.05, 0) is 41.0 Å². The van der Waals surface area contributed by atoms with E-state index in [2.05, 4.69) is 44.8 Å². The minimum Gasteiger partial charge on any atom is -0.305 e. The van der Waals surface area contributed by atoms with Crippen LogP contribution in [0.25, 0.3) is 0 Å². The second kappa shape index (κ2) is 13.9. The summed E-state index contributed by atoms with van der Waals surface area (Å²) < 4.78 is 0. The van der Waals surface area contributed by atoms with Crippen molar-refractivity contribution in [2.75, 3.05) is 34.2 Å². The topological polar surface area (TPSA) is 6.48 Å². The summed E-state index contributed by atoms with van der Waals surface area (Å²) in [5.74, 6) is 0. The molecule has 0 N–H and O–H groups in total. The molecule has 1 atom stereocenters. The van der Waals surface area contributed by atoms with Gasteiger partial charge in [0, 0.05) is 12.6 Å². The lowest BCUT2D eigenvalue weighted by atomic mass is 10.1. The molecule has 0 saturated heterocycles. The van der Waals surface area contributed by atoms with Crippen molar-refractivity contribution in [3.63, 3.8) is 0 Å². The van der Waals surface area contributed by atoms with Crippen molar-refractivity contribution in [3.8, 4) is 0 Å². The van der Waals surface area contributed by atoms with Gasteiger partial charge in [0.05, 0.1) is 0 Å². The van der Waals surface area contributed by atoms with Gasteiger partial charge < -0.3 is 9.80 Å². The van der Waals surface area contributed by atoms with Crippen LogP contribution in [-0.4, -0.2) is 50.1 Å². The van der Waals surface area contributed by atoms with Crippen LogP contribution in [0.3, 0.4) is 0 Å². The van der Waals surface area contributed by atoms with Crippen molar-refractivity contribution in [1.82, 2.24) is 9.80 Å². The highest BCUT2D eigenvalue weighted by atomic mass is 15.2. The smallest absolute Gasteiger partial charge is 0.0188 e. The second-order valence-corrected chi connectivity index (χ2v) is 6.76. The Kier molecular flexibility index (Phi) is 13.8. The van der Waals surface area contributed by atoms with Crippen LogP contribution < -0.4 is 0 Å². The fraction of sp³-hybridized carbons (Fsp3) is 1.00. The molecule has 0 heterocycles. The number of hydrogen-bond donors (Lipinski definition) is 0. The van der Waals surface area contributed by atoms with E-state index in [1.165, 1.54) is 77.3 Å². The van der Waals surface area contributed by atoms with Crippen LogP contribution in [-0.2, 0) is 0 Å². The Labute approximate surface area is 128 Å². The van der Waals surface area contributed by atoms with Gasteiger partial charge in [-0.25, -0.2) is 0 Å². The highest BCUT2D eigenvalue weighted by Crippen LogP contribution is 2.10. The Morgan fingerprint density at radius 1 is 0.700 bits per heavy atom. The second-order valence-electron chi connectivity index (χ2n) is 6.76. The third kappa shape index (κ3) is 12.9. The van der Waals surface area contributed by atoms with E-state index in [1.54, 1.807) is 0 Å². The van der Waals surface area contributed by atoms with Crippen LogP contribution in [0.5, 0.6) is 0 Å². The van der Waals surface area contributed by atoms with Gasteiger partial charge in [-0.3, -0.25) is 0 Å². The minimum atomic E-state index is 0.656. The summed E-state index contributed by atoms with van der Waals surface area (Å²) in [4.78, 5) is 4.78. The zero-order valence-electron chi connectivity index (χ0n) is 15.0. The molecule has 122 valence electrons. The molecular formula is C18H40N2. The van der Waals surface area contributed by atoms with E-state index < -0.39 is 0 Å². The van der Waals surface area contributed by atoms with E-state index in [4.69, 9.17) is 0 Å². The van der Waals surface area contributed by atoms with Crippen LogP contribution in [0.1, 0.15) is 78.1 Å². The molecule has 0 radical (unpaired) electrons. The maximum Gasteiger partial charge on any atom is 0.0188 e. The Morgan fingerprint density at radius 3 is 1.60 bits per heavy atom. The molecule has 0 aliphatic heterocycles. The third-order valence-electron chi connectivity index (χ3n) is 4.35. The lowest BCUT2D eigenvalue weighted by Crippen LogP contribution is -2.36. The molecule has 0 rings (SSSR count). The first-order valence-corrected chi connectivity index (χ1v) is 8.93. The molecule has 0 spiro atoms. The molecule has 20 heavy (non-hydrogen) atoms. The first-order chi connectivity index (χ1) is 9.57. The van der Waals surface area contributed by atoms with Gasteiger partial charge in [0.25, 0.3) is 0 Å². The van der Waals surface area contributed by atoms with E-state index in [1.807, 2.05) is 0 Å². The van der Waals surface area contributed by atoms with Crippen molar-refractivity contribution >= 4 is 0 Å². The molecule has 0 saturated carbocycles. The van der Waals surface area contributed by atoms with Crippen LogP contribution in [0.15, 0.2) is 0 Å². The van der Waals surface area contributed by atoms with Crippen LogP contribution >= 0.6 is 0 Å². The Balaban J connectivity index is 3.23. The van der Waals surface area contributed by atoms with Crippen molar-refractivity contribution in [3.05, 3.63) is 0 Å². The normalized spacial score (nSPS) is 13.3. The summed E-state index contributed by atoms with van der Waals surface area (Å²) in [5.41, 5.74) is 0. The highest BCUT2D eigenvalue weighted by molar-refractivity contribution is 4.64. The molecule has 2 nitrogen and oxygen atoms in total. The van der Waals surface area contributed by atoms with E-state index in [0.717, 1.165) is 0 Å². The number of unbranched alkanes of at least 4 members (excludes halogenated alkanes) is 9. The molecule has 0 aliphatic carbocycles. The summed E-state index contributed by atoms with van der Waals surface area (Å²) in [7, 11) is 6.59. The van der Waals surface area contributed by atoms with Crippen LogP contribution in [0, 0.1) is 0 Å². The summed E-state index contributed by atoms with van der Waals surface area (Å²) >= 11 is 0. The van der Waals surface area contributed by atoms with Gasteiger partial charge in [-0.2, -0.15) is 0 Å². The van der Waals surface area contributed by atoms with Crippen LogP contribution in [0.4, 0.5) is 0 Å². The predicted molar refractivity (Wildman–Crippen MR) is 92.5 cm³/mol. The van der Waals surface area contributed by atoms with Gasteiger partial charge in [0.15, 0.2) is 0 Å². The maximum absolute atomic E-state index is 2.48. The monoisotopic (exact) mass is 284 g/mol. The van der Waals surface area contributed by atoms with Crippen LogP contribution in [0.2, 0.25) is 0 Å². The predicted octanol–water partition coefficient (Wildman–Crippen LogP) is 4.79. The Bertz CT molecular complexity index is 192. The van der Waals surface area contributed by atoms with E-state index in [0.29, 0.717) is 6.04 Å². The maximum atomic E-state index is 2.48. The lowest BCUT2D eigenvalue weighted by Gasteiger charge is -2.25. The average Bonchev–Trinajstić information content (AvgIpc) is 2.40. The summed E-state index contributed by atoms with van der Waals surface area (Å²) in [5, 5.41) is 0. The van der Waals surface area contributed by atoms with Gasteiger partial charge in [-0.15, -0.1) is 0 Å². The molecule has 0 amide bonds. The summed E-state index contributed by atoms with van der Waals surface area (Å²) in [6.07, 6.45) is 14.3. The first-order valence-electron chi connectivity index (χ1n) is 8.93. The van der Waals surface area contributed by atoms with Crippen molar-refractivity contribution in [1.29, 1.82) is 0 Å². The molecule has 0 aromatic rings. The molecule has 0 aliphatic rings. The molecule has 0 aromatic heterocycles. The van der Waals surface area contributed by atoms with Gasteiger partial charge in [0.1, 0.15) is 0 Å². The SMILES string of the molecule is CCCCCCCCCCCCN(C)CC(C)N(C)C. The fourth-order valence-electron chi connectivity index (χ4n) is 2.57. The Hall–Kier alpha value is -0.0800. The zero-order valence-corrected chi connectivity index (χ0v) is 15.0. The molecule has 0 bridgehead atoms. The van der Waals surface area contributed by atoms with Gasteiger partial charge in [0.2, 0.25) is 0 Å². The largest absolute Gasteiger partial charge is 0.305 e. The number of rotatable bonds is 14. The van der Waals surface area contributed by atoms with E-state index in [9.17, 15) is 0 Å². The molecule has 0 fully saturated rings.